The summed E-state index contributed by atoms with van der Waals surface area (Å²) in [5, 5.41) is 9.34. The van der Waals surface area contributed by atoms with E-state index >= 15 is 0 Å². The van der Waals surface area contributed by atoms with E-state index in [-0.39, 0.29) is 23.4 Å². The van der Waals surface area contributed by atoms with Crippen LogP contribution in [-0.2, 0) is 10.0 Å². The van der Waals surface area contributed by atoms with Crippen molar-refractivity contribution in [1.29, 1.82) is 0 Å². The smallest absolute Gasteiger partial charge is 0.246 e. The molecular formula is C10H17N5O3S. The number of anilines is 1. The van der Waals surface area contributed by atoms with Crippen molar-refractivity contribution in [2.45, 2.75) is 24.3 Å². The molecule has 0 aromatic carbocycles. The molecule has 0 aliphatic carbocycles. The van der Waals surface area contributed by atoms with Gasteiger partial charge in [0.2, 0.25) is 16.0 Å². The van der Waals surface area contributed by atoms with E-state index in [2.05, 4.69) is 15.4 Å². The number of aromatic nitrogens is 2. The Labute approximate surface area is 111 Å². The van der Waals surface area contributed by atoms with Crippen LogP contribution in [0.5, 0.6) is 0 Å². The van der Waals surface area contributed by atoms with Gasteiger partial charge in [0.1, 0.15) is 4.90 Å². The average molecular weight is 287 g/mol. The van der Waals surface area contributed by atoms with Gasteiger partial charge in [-0.05, 0) is 12.3 Å². The van der Waals surface area contributed by atoms with E-state index in [1.807, 2.05) is 6.92 Å². The Bertz CT molecular complexity index is 533. The molecule has 2 heterocycles. The van der Waals surface area contributed by atoms with Crippen molar-refractivity contribution in [1.82, 2.24) is 14.3 Å². The summed E-state index contributed by atoms with van der Waals surface area (Å²) in [5.74, 6) is 5.40. The lowest BCUT2D eigenvalue weighted by Crippen LogP contribution is -2.39. The fourth-order valence-corrected chi connectivity index (χ4v) is 3.82. The summed E-state index contributed by atoms with van der Waals surface area (Å²) >= 11 is 0. The summed E-state index contributed by atoms with van der Waals surface area (Å²) in [6, 6.07) is -0.391. The Kier molecular flexibility index (Phi) is 3.99. The molecule has 1 aromatic rings. The summed E-state index contributed by atoms with van der Waals surface area (Å²) in [6.07, 6.45) is 3.14. The van der Waals surface area contributed by atoms with Crippen LogP contribution in [0.3, 0.4) is 0 Å². The maximum Gasteiger partial charge on any atom is 0.246 e. The lowest BCUT2D eigenvalue weighted by atomic mass is 10.0. The number of aliphatic hydroxyl groups is 1. The summed E-state index contributed by atoms with van der Waals surface area (Å²) < 4.78 is 26.2. The molecule has 19 heavy (non-hydrogen) atoms. The van der Waals surface area contributed by atoms with Gasteiger partial charge in [0.25, 0.3) is 0 Å². The molecule has 1 aliphatic heterocycles. The van der Waals surface area contributed by atoms with Gasteiger partial charge in [-0.3, -0.25) is 5.43 Å². The van der Waals surface area contributed by atoms with Gasteiger partial charge in [-0.2, -0.15) is 4.31 Å². The summed E-state index contributed by atoms with van der Waals surface area (Å²) in [5.41, 5.74) is 2.23. The van der Waals surface area contributed by atoms with E-state index in [1.165, 1.54) is 16.7 Å². The Hall–Kier alpha value is -1.29. The van der Waals surface area contributed by atoms with Crippen molar-refractivity contribution < 1.29 is 13.5 Å². The molecule has 106 valence electrons. The van der Waals surface area contributed by atoms with Crippen molar-refractivity contribution in [3.05, 3.63) is 12.4 Å². The van der Waals surface area contributed by atoms with Crippen LogP contribution in [0.1, 0.15) is 13.3 Å². The second-order valence-electron chi connectivity index (χ2n) is 4.52. The Morgan fingerprint density at radius 2 is 2.16 bits per heavy atom. The van der Waals surface area contributed by atoms with Gasteiger partial charge in [-0.1, -0.05) is 6.92 Å². The number of nitrogens with one attached hydrogen (secondary N) is 1. The molecule has 2 unspecified atom stereocenters. The summed E-state index contributed by atoms with van der Waals surface area (Å²) in [4.78, 5) is 7.58. The Morgan fingerprint density at radius 1 is 1.53 bits per heavy atom. The highest BCUT2D eigenvalue weighted by molar-refractivity contribution is 7.89. The van der Waals surface area contributed by atoms with Crippen LogP contribution in [0, 0.1) is 5.92 Å². The van der Waals surface area contributed by atoms with Crippen molar-refractivity contribution in [3.8, 4) is 0 Å². The van der Waals surface area contributed by atoms with Gasteiger partial charge in [0, 0.05) is 6.54 Å². The van der Waals surface area contributed by atoms with Gasteiger partial charge in [-0.15, -0.1) is 0 Å². The number of nitrogens with zero attached hydrogens (tertiary/aromatic N) is 3. The molecule has 1 fully saturated rings. The zero-order valence-electron chi connectivity index (χ0n) is 10.5. The molecule has 0 saturated carbocycles. The zero-order valence-corrected chi connectivity index (χ0v) is 11.3. The third-order valence-electron chi connectivity index (χ3n) is 3.38. The lowest BCUT2D eigenvalue weighted by Gasteiger charge is -2.24. The third kappa shape index (κ3) is 2.54. The van der Waals surface area contributed by atoms with Gasteiger partial charge < -0.3 is 5.11 Å². The van der Waals surface area contributed by atoms with E-state index in [0.29, 0.717) is 6.54 Å². The molecule has 2 rings (SSSR count). The van der Waals surface area contributed by atoms with E-state index in [9.17, 15) is 13.5 Å². The fraction of sp³-hybridized carbons (Fsp3) is 0.600. The molecule has 2 atom stereocenters. The highest BCUT2D eigenvalue weighted by Gasteiger charge is 2.39. The minimum absolute atomic E-state index is 0.000880. The maximum absolute atomic E-state index is 12.4. The zero-order chi connectivity index (χ0) is 14.0. The standard InChI is InChI=1S/C10H17N5O3S/c1-7-2-3-15(9(7)6-16)19(17,18)8-4-12-10(14-11)13-5-8/h4-5,7,9,16H,2-3,6,11H2,1H3,(H,12,13,14). The molecule has 1 saturated heterocycles. The molecule has 9 heteroatoms. The highest BCUT2D eigenvalue weighted by atomic mass is 32.2. The first-order valence-electron chi connectivity index (χ1n) is 5.92. The van der Waals surface area contributed by atoms with Crippen molar-refractivity contribution in [2.75, 3.05) is 18.6 Å². The average Bonchev–Trinajstić information content (AvgIpc) is 2.80. The molecule has 4 N–H and O–H groups in total. The Balaban J connectivity index is 2.31. The number of hydrogen-bond donors (Lipinski definition) is 3. The second kappa shape index (κ2) is 5.37. The number of hydrazine groups is 1. The first-order chi connectivity index (χ1) is 9.00. The monoisotopic (exact) mass is 287 g/mol. The summed E-state index contributed by atoms with van der Waals surface area (Å²) in [7, 11) is -3.68. The molecular weight excluding hydrogens is 270 g/mol. The largest absolute Gasteiger partial charge is 0.395 e. The van der Waals surface area contributed by atoms with E-state index in [0.717, 1.165) is 6.42 Å². The van der Waals surface area contributed by atoms with E-state index in [1.54, 1.807) is 0 Å². The summed E-state index contributed by atoms with van der Waals surface area (Å²) in [6.45, 7) is 2.13. The predicted octanol–water partition coefficient (Wildman–Crippen LogP) is -0.846. The maximum atomic E-state index is 12.4. The number of sulfonamides is 1. The number of nitrogens with two attached hydrogens (primary N) is 1. The number of rotatable bonds is 4. The highest BCUT2D eigenvalue weighted by Crippen LogP contribution is 2.29. The number of hydrogen-bond acceptors (Lipinski definition) is 7. The van der Waals surface area contributed by atoms with Crippen LogP contribution >= 0.6 is 0 Å². The van der Waals surface area contributed by atoms with Crippen LogP contribution in [0.4, 0.5) is 5.95 Å². The van der Waals surface area contributed by atoms with Crippen molar-refractivity contribution in [3.63, 3.8) is 0 Å². The van der Waals surface area contributed by atoms with Crippen LogP contribution in [-0.4, -0.2) is 47.0 Å². The number of aliphatic hydroxyl groups excluding tert-OH is 1. The lowest BCUT2D eigenvalue weighted by molar-refractivity contribution is 0.191. The SMILES string of the molecule is CC1CCN(S(=O)(=O)c2cnc(NN)nc2)C1CO. The van der Waals surface area contributed by atoms with Crippen LogP contribution in [0.15, 0.2) is 17.3 Å². The van der Waals surface area contributed by atoms with Gasteiger partial charge in [-0.25, -0.2) is 24.2 Å². The molecule has 0 spiro atoms. The quantitative estimate of drug-likeness (QED) is 0.487. The van der Waals surface area contributed by atoms with Gasteiger partial charge in [0.05, 0.1) is 25.0 Å². The molecule has 1 aromatic heterocycles. The number of nitrogen functional groups attached to an aromatic ring is 1. The normalized spacial score (nSPS) is 24.6. The van der Waals surface area contributed by atoms with E-state index < -0.39 is 16.1 Å². The van der Waals surface area contributed by atoms with Crippen molar-refractivity contribution in [2.24, 2.45) is 11.8 Å². The first kappa shape index (κ1) is 14.1. The van der Waals surface area contributed by atoms with Crippen molar-refractivity contribution >= 4 is 16.0 Å². The molecule has 0 bridgehead atoms. The van der Waals surface area contributed by atoms with Crippen LogP contribution < -0.4 is 11.3 Å². The first-order valence-corrected chi connectivity index (χ1v) is 7.36. The van der Waals surface area contributed by atoms with Crippen LogP contribution in [0.25, 0.3) is 0 Å². The predicted molar refractivity (Wildman–Crippen MR) is 68.4 cm³/mol. The molecule has 8 nitrogen and oxygen atoms in total. The fourth-order valence-electron chi connectivity index (χ4n) is 2.20. The molecule has 0 amide bonds. The topological polar surface area (TPSA) is 121 Å². The van der Waals surface area contributed by atoms with Gasteiger partial charge in [0.15, 0.2) is 0 Å². The van der Waals surface area contributed by atoms with E-state index in [4.69, 9.17) is 5.84 Å². The van der Waals surface area contributed by atoms with Gasteiger partial charge >= 0.3 is 0 Å². The van der Waals surface area contributed by atoms with Crippen LogP contribution in [0.2, 0.25) is 0 Å². The third-order valence-corrected chi connectivity index (χ3v) is 5.26. The Morgan fingerprint density at radius 3 is 2.68 bits per heavy atom. The molecule has 1 aliphatic rings. The minimum atomic E-state index is -3.68. The minimum Gasteiger partial charge on any atom is -0.395 e. The molecule has 0 radical (unpaired) electrons. The second-order valence-corrected chi connectivity index (χ2v) is 6.41.